The van der Waals surface area contributed by atoms with E-state index in [2.05, 4.69) is 30.7 Å². The maximum Gasteiger partial charge on any atom is 0.253 e. The second kappa shape index (κ2) is 10.1. The molecule has 2 fully saturated rings. The highest BCUT2D eigenvalue weighted by Crippen LogP contribution is 2.44. The first-order chi connectivity index (χ1) is 18.6. The van der Waals surface area contributed by atoms with Crippen molar-refractivity contribution in [3.05, 3.63) is 46.6 Å². The lowest BCUT2D eigenvalue weighted by Gasteiger charge is -2.36. The van der Waals surface area contributed by atoms with Gasteiger partial charge < -0.3 is 9.80 Å². The molecular formula is C29H37N5O3S2. The van der Waals surface area contributed by atoms with Crippen LogP contribution in [-0.2, 0) is 22.9 Å². The standard InChI is InChI=1S/C29H37N5O3S2/c1-29(2,3)21-8-11-23-24(18-21)38-27-25(23)26(30-19-31-27)32-14-16-33(17-15-32)28(35)20-6-9-22(10-7-20)39(36,37)34-12-4-5-13-34/h6-7,9-10,19,21H,4-5,8,11-18H2,1-3H3/t21-/m0/s1. The lowest BCUT2D eigenvalue weighted by atomic mass is 9.72. The zero-order valence-corrected chi connectivity index (χ0v) is 24.7. The highest BCUT2D eigenvalue weighted by atomic mass is 32.2. The first-order valence-electron chi connectivity index (χ1n) is 14.0. The Labute approximate surface area is 235 Å². The number of thiophene rings is 1. The predicted molar refractivity (Wildman–Crippen MR) is 155 cm³/mol. The second-order valence-corrected chi connectivity index (χ2v) is 15.1. The number of rotatable bonds is 4. The molecule has 39 heavy (non-hydrogen) atoms. The van der Waals surface area contributed by atoms with Crippen molar-refractivity contribution in [2.75, 3.05) is 44.2 Å². The molecule has 0 bridgehead atoms. The molecule has 208 valence electrons. The van der Waals surface area contributed by atoms with Crippen molar-refractivity contribution in [2.45, 2.75) is 57.8 Å². The summed E-state index contributed by atoms with van der Waals surface area (Å²) in [5.74, 6) is 1.61. The van der Waals surface area contributed by atoms with E-state index in [1.807, 2.05) is 16.2 Å². The number of sulfonamides is 1. The molecule has 1 atom stereocenters. The van der Waals surface area contributed by atoms with Gasteiger partial charge in [-0.25, -0.2) is 18.4 Å². The third-order valence-electron chi connectivity index (χ3n) is 8.72. The van der Waals surface area contributed by atoms with Crippen molar-refractivity contribution in [3.63, 3.8) is 0 Å². The fraction of sp³-hybridized carbons (Fsp3) is 0.552. The molecule has 0 unspecified atom stereocenters. The summed E-state index contributed by atoms with van der Waals surface area (Å²) in [7, 11) is -3.48. The van der Waals surface area contributed by atoms with Crippen LogP contribution in [0.15, 0.2) is 35.5 Å². The van der Waals surface area contributed by atoms with Crippen molar-refractivity contribution in [1.82, 2.24) is 19.2 Å². The summed E-state index contributed by atoms with van der Waals surface area (Å²) in [4.78, 5) is 29.6. The van der Waals surface area contributed by atoms with E-state index in [4.69, 9.17) is 4.98 Å². The molecule has 6 rings (SSSR count). The lowest BCUT2D eigenvalue weighted by Crippen LogP contribution is -2.49. The summed E-state index contributed by atoms with van der Waals surface area (Å²) in [6.45, 7) is 10.7. The van der Waals surface area contributed by atoms with E-state index in [1.54, 1.807) is 30.6 Å². The quantitative estimate of drug-likeness (QED) is 0.459. The molecule has 3 aliphatic rings. The number of aryl methyl sites for hydroxylation is 1. The minimum absolute atomic E-state index is 0.0614. The van der Waals surface area contributed by atoms with Crippen molar-refractivity contribution in [2.24, 2.45) is 11.3 Å². The number of fused-ring (bicyclic) bond motifs is 3. The van der Waals surface area contributed by atoms with Crippen LogP contribution in [0.4, 0.5) is 5.82 Å². The zero-order valence-electron chi connectivity index (χ0n) is 23.0. The summed E-state index contributed by atoms with van der Waals surface area (Å²) in [5.41, 5.74) is 2.25. The third kappa shape index (κ3) is 4.95. The molecule has 2 saturated heterocycles. The predicted octanol–water partition coefficient (Wildman–Crippen LogP) is 4.59. The van der Waals surface area contributed by atoms with Crippen molar-refractivity contribution in [1.29, 1.82) is 0 Å². The Balaban J connectivity index is 1.15. The summed E-state index contributed by atoms with van der Waals surface area (Å²) in [5, 5.41) is 1.21. The van der Waals surface area contributed by atoms with Crippen molar-refractivity contribution in [3.8, 4) is 0 Å². The molecule has 0 N–H and O–H groups in total. The van der Waals surface area contributed by atoms with Crippen LogP contribution in [0.1, 0.15) is 60.8 Å². The van der Waals surface area contributed by atoms with Gasteiger partial charge in [0.15, 0.2) is 0 Å². The fourth-order valence-electron chi connectivity index (χ4n) is 6.22. The number of anilines is 1. The second-order valence-electron chi connectivity index (χ2n) is 12.1. The van der Waals surface area contributed by atoms with Crippen LogP contribution in [0.3, 0.4) is 0 Å². The van der Waals surface area contributed by atoms with Gasteiger partial charge in [0, 0.05) is 49.7 Å². The van der Waals surface area contributed by atoms with Crippen LogP contribution in [-0.4, -0.2) is 72.8 Å². The largest absolute Gasteiger partial charge is 0.352 e. The van der Waals surface area contributed by atoms with Crippen LogP contribution in [0.25, 0.3) is 10.2 Å². The maximum absolute atomic E-state index is 13.3. The molecule has 3 aromatic rings. The normalized spacial score (nSPS) is 20.9. The molecule has 0 radical (unpaired) electrons. The number of benzene rings is 1. The monoisotopic (exact) mass is 567 g/mol. The third-order valence-corrected chi connectivity index (χ3v) is 11.8. The molecule has 10 heteroatoms. The van der Waals surface area contributed by atoms with E-state index >= 15 is 0 Å². The topological polar surface area (TPSA) is 86.7 Å². The van der Waals surface area contributed by atoms with Gasteiger partial charge in [-0.15, -0.1) is 11.3 Å². The Kier molecular flexibility index (Phi) is 6.92. The summed E-state index contributed by atoms with van der Waals surface area (Å²) in [6.07, 6.45) is 6.84. The minimum Gasteiger partial charge on any atom is -0.352 e. The Hall–Kier alpha value is -2.56. The smallest absolute Gasteiger partial charge is 0.253 e. The van der Waals surface area contributed by atoms with Crippen LogP contribution in [0, 0.1) is 11.3 Å². The highest BCUT2D eigenvalue weighted by Gasteiger charge is 2.33. The molecule has 2 aliphatic heterocycles. The SMILES string of the molecule is CC(C)(C)[C@H]1CCc2c(sc3ncnc(N4CCN(C(=O)c5ccc(S(=O)(=O)N6CCCC6)cc5)CC4)c23)C1. The number of hydrogen-bond acceptors (Lipinski definition) is 7. The van der Waals surface area contributed by atoms with E-state index in [0.717, 1.165) is 36.3 Å². The van der Waals surface area contributed by atoms with E-state index in [0.29, 0.717) is 56.2 Å². The van der Waals surface area contributed by atoms with E-state index < -0.39 is 10.0 Å². The van der Waals surface area contributed by atoms with Crippen LogP contribution >= 0.6 is 11.3 Å². The number of hydrogen-bond donors (Lipinski definition) is 0. The maximum atomic E-state index is 13.3. The van der Waals surface area contributed by atoms with Crippen LogP contribution in [0.5, 0.6) is 0 Å². The number of carbonyl (C=O) groups excluding carboxylic acids is 1. The number of nitrogens with zero attached hydrogens (tertiary/aromatic N) is 5. The van der Waals surface area contributed by atoms with Gasteiger partial charge in [-0.05, 0) is 73.3 Å². The van der Waals surface area contributed by atoms with Gasteiger partial charge in [-0.1, -0.05) is 20.8 Å². The number of piperazine rings is 1. The average molecular weight is 568 g/mol. The Bertz CT molecular complexity index is 1480. The number of carbonyl (C=O) groups is 1. The Morgan fingerprint density at radius 2 is 1.67 bits per heavy atom. The molecular weight excluding hydrogens is 530 g/mol. The molecule has 1 aliphatic carbocycles. The summed E-state index contributed by atoms with van der Waals surface area (Å²) >= 11 is 1.82. The first kappa shape index (κ1) is 26.7. The molecule has 1 aromatic carbocycles. The van der Waals surface area contributed by atoms with Gasteiger partial charge in [0.25, 0.3) is 5.91 Å². The van der Waals surface area contributed by atoms with E-state index in [9.17, 15) is 13.2 Å². The molecule has 2 aromatic heterocycles. The number of aromatic nitrogens is 2. The minimum atomic E-state index is -3.48. The average Bonchev–Trinajstić information content (AvgIpc) is 3.61. The molecule has 0 spiro atoms. The van der Waals surface area contributed by atoms with Crippen molar-refractivity contribution >= 4 is 43.3 Å². The van der Waals surface area contributed by atoms with Crippen LogP contribution < -0.4 is 4.90 Å². The Morgan fingerprint density at radius 1 is 0.974 bits per heavy atom. The molecule has 8 nitrogen and oxygen atoms in total. The molecule has 4 heterocycles. The summed E-state index contributed by atoms with van der Waals surface area (Å²) < 4.78 is 27.2. The fourth-order valence-corrected chi connectivity index (χ4v) is 9.00. The number of amides is 1. The molecule has 0 saturated carbocycles. The van der Waals surface area contributed by atoms with Gasteiger partial charge >= 0.3 is 0 Å². The zero-order chi connectivity index (χ0) is 27.4. The van der Waals surface area contributed by atoms with Gasteiger partial charge in [-0.3, -0.25) is 4.79 Å². The van der Waals surface area contributed by atoms with E-state index in [-0.39, 0.29) is 10.8 Å². The van der Waals surface area contributed by atoms with Crippen LogP contribution in [0.2, 0.25) is 0 Å². The van der Waals surface area contributed by atoms with Gasteiger partial charge in [-0.2, -0.15) is 4.31 Å². The Morgan fingerprint density at radius 3 is 2.33 bits per heavy atom. The summed E-state index contributed by atoms with van der Waals surface area (Å²) in [6, 6.07) is 6.43. The molecule has 1 amide bonds. The first-order valence-corrected chi connectivity index (χ1v) is 16.3. The van der Waals surface area contributed by atoms with Gasteiger partial charge in [0.2, 0.25) is 10.0 Å². The highest BCUT2D eigenvalue weighted by molar-refractivity contribution is 7.89. The van der Waals surface area contributed by atoms with Gasteiger partial charge in [0.05, 0.1) is 10.3 Å². The van der Waals surface area contributed by atoms with Gasteiger partial charge in [0.1, 0.15) is 17.0 Å². The lowest BCUT2D eigenvalue weighted by molar-refractivity contribution is 0.0746. The van der Waals surface area contributed by atoms with E-state index in [1.165, 1.54) is 26.6 Å². The van der Waals surface area contributed by atoms with Crippen molar-refractivity contribution < 1.29 is 13.2 Å².